The SMILES string of the molecule is C=CCN(CCN1CCOCC1)C(=O)C1N(CCCCO)C(=O)[C@@H]2[C@@H](C(=O)N(CC=C)Cc3ccccc3)[C@@]3(C)CCC12O3. The minimum absolute atomic E-state index is 0.00301. The van der Waals surface area contributed by atoms with E-state index < -0.39 is 29.1 Å². The van der Waals surface area contributed by atoms with Crippen LogP contribution < -0.4 is 0 Å². The van der Waals surface area contributed by atoms with Crippen molar-refractivity contribution < 1.29 is 29.0 Å². The van der Waals surface area contributed by atoms with Crippen molar-refractivity contribution in [3.63, 3.8) is 0 Å². The van der Waals surface area contributed by atoms with Gasteiger partial charge in [0.1, 0.15) is 11.6 Å². The molecule has 1 spiro atoms. The van der Waals surface area contributed by atoms with Crippen molar-refractivity contribution in [1.82, 2.24) is 19.6 Å². The summed E-state index contributed by atoms with van der Waals surface area (Å²) in [6.07, 6.45) is 5.61. The van der Waals surface area contributed by atoms with Gasteiger partial charge in [-0.1, -0.05) is 42.5 Å². The third-order valence-corrected chi connectivity index (χ3v) is 9.91. The minimum Gasteiger partial charge on any atom is -0.396 e. The van der Waals surface area contributed by atoms with Gasteiger partial charge in [-0.05, 0) is 38.2 Å². The minimum atomic E-state index is -1.09. The van der Waals surface area contributed by atoms with Crippen LogP contribution in [0.3, 0.4) is 0 Å². The maximum absolute atomic E-state index is 14.6. The number of aliphatic hydroxyl groups excluding tert-OH is 1. The molecule has 4 saturated heterocycles. The van der Waals surface area contributed by atoms with Crippen LogP contribution in [0.25, 0.3) is 0 Å². The molecule has 4 aliphatic heterocycles. The molecule has 4 aliphatic rings. The summed E-state index contributed by atoms with van der Waals surface area (Å²) in [5, 5.41) is 9.49. The first-order valence-corrected chi connectivity index (χ1v) is 16.0. The van der Waals surface area contributed by atoms with Crippen LogP contribution in [0.15, 0.2) is 55.6 Å². The van der Waals surface area contributed by atoms with Crippen LogP contribution in [-0.2, 0) is 30.4 Å². The van der Waals surface area contributed by atoms with Crippen LogP contribution >= 0.6 is 0 Å². The fraction of sp³-hybridized carbons (Fsp3) is 0.618. The largest absolute Gasteiger partial charge is 0.396 e. The van der Waals surface area contributed by atoms with Crippen LogP contribution in [0.4, 0.5) is 0 Å². The van der Waals surface area contributed by atoms with E-state index in [0.717, 1.165) is 18.7 Å². The maximum Gasteiger partial charge on any atom is 0.248 e. The van der Waals surface area contributed by atoms with Gasteiger partial charge in [0.2, 0.25) is 17.7 Å². The van der Waals surface area contributed by atoms with E-state index in [0.29, 0.717) is 78.2 Å². The molecule has 10 nitrogen and oxygen atoms in total. The number of ether oxygens (including phenoxy) is 2. The van der Waals surface area contributed by atoms with E-state index in [2.05, 4.69) is 18.1 Å². The zero-order chi connectivity index (χ0) is 31.3. The summed E-state index contributed by atoms with van der Waals surface area (Å²) in [5.41, 5.74) is -0.961. The number of nitrogens with zero attached hydrogens (tertiary/aromatic N) is 4. The molecular weight excluding hydrogens is 560 g/mol. The normalized spacial score (nSPS) is 29.5. The molecule has 1 aromatic carbocycles. The van der Waals surface area contributed by atoms with Crippen molar-refractivity contribution in [3.05, 3.63) is 61.2 Å². The quantitative estimate of drug-likeness (QED) is 0.240. The Morgan fingerprint density at radius 1 is 1.02 bits per heavy atom. The van der Waals surface area contributed by atoms with Crippen LogP contribution in [0.2, 0.25) is 0 Å². The van der Waals surface area contributed by atoms with Crippen molar-refractivity contribution in [2.45, 2.75) is 56.4 Å². The van der Waals surface area contributed by atoms with Crippen molar-refractivity contribution in [3.8, 4) is 0 Å². The molecule has 2 unspecified atom stereocenters. The Balaban J connectivity index is 1.46. The first kappa shape index (κ1) is 32.3. The number of hydrogen-bond acceptors (Lipinski definition) is 7. The lowest BCUT2D eigenvalue weighted by atomic mass is 9.66. The van der Waals surface area contributed by atoms with Gasteiger partial charge in [0, 0.05) is 59.0 Å². The third-order valence-electron chi connectivity index (χ3n) is 9.91. The predicted octanol–water partition coefficient (Wildman–Crippen LogP) is 2.09. The second kappa shape index (κ2) is 13.9. The van der Waals surface area contributed by atoms with Gasteiger partial charge in [0.05, 0.1) is 30.7 Å². The Kier molecular flexibility index (Phi) is 10.2. The summed E-state index contributed by atoms with van der Waals surface area (Å²) >= 11 is 0. The number of likely N-dealkylation sites (tertiary alicyclic amines) is 1. The molecule has 0 saturated carbocycles. The first-order chi connectivity index (χ1) is 21.3. The standard InChI is InChI=1S/C34H48N4O6/c1-4-15-36(19-18-35-20-23-43-24-21-35)32(42)29-34-14-13-33(3,44-34)27(28(34)31(41)38(29)17-9-10-22-39)30(40)37(16-5-2)25-26-11-7-6-8-12-26/h4-8,11-12,27-29,39H,1-2,9-10,13-25H2,3H3/t27-,28-,29?,33+,34?/m0/s1. The number of unbranched alkanes of at least 4 members (excludes halogenated alkanes) is 1. The number of carbonyl (C=O) groups is 3. The molecule has 4 heterocycles. The molecule has 3 amide bonds. The average Bonchev–Trinajstić information content (AvgIpc) is 3.60. The van der Waals surface area contributed by atoms with E-state index >= 15 is 0 Å². The highest BCUT2D eigenvalue weighted by molar-refractivity contribution is 5.99. The number of carbonyl (C=O) groups excluding carboxylic acids is 3. The molecule has 0 radical (unpaired) electrons. The number of morpholine rings is 1. The second-order valence-corrected chi connectivity index (χ2v) is 12.7. The zero-order valence-electron chi connectivity index (χ0n) is 26.1. The smallest absolute Gasteiger partial charge is 0.248 e. The third kappa shape index (κ3) is 6.09. The summed E-state index contributed by atoms with van der Waals surface area (Å²) in [6, 6.07) is 8.94. The summed E-state index contributed by atoms with van der Waals surface area (Å²) in [7, 11) is 0. The van der Waals surface area contributed by atoms with E-state index in [9.17, 15) is 19.5 Å². The highest BCUT2D eigenvalue weighted by atomic mass is 16.5. The molecule has 0 aromatic heterocycles. The molecule has 5 rings (SSSR count). The number of fused-ring (bicyclic) bond motifs is 1. The molecule has 0 aliphatic carbocycles. The number of benzene rings is 1. The number of aliphatic hydroxyl groups is 1. The highest BCUT2D eigenvalue weighted by Gasteiger charge is 2.78. The van der Waals surface area contributed by atoms with Crippen LogP contribution in [0, 0.1) is 11.8 Å². The molecule has 4 fully saturated rings. The van der Waals surface area contributed by atoms with Crippen LogP contribution in [0.5, 0.6) is 0 Å². The maximum atomic E-state index is 14.6. The second-order valence-electron chi connectivity index (χ2n) is 12.7. The van der Waals surface area contributed by atoms with Gasteiger partial charge in [-0.25, -0.2) is 0 Å². The monoisotopic (exact) mass is 608 g/mol. The van der Waals surface area contributed by atoms with E-state index in [1.54, 1.807) is 26.9 Å². The number of rotatable bonds is 15. The van der Waals surface area contributed by atoms with Gasteiger partial charge in [-0.3, -0.25) is 19.3 Å². The van der Waals surface area contributed by atoms with Crippen molar-refractivity contribution in [1.29, 1.82) is 0 Å². The van der Waals surface area contributed by atoms with Crippen molar-refractivity contribution >= 4 is 17.7 Å². The topological polar surface area (TPSA) is 103 Å². The Morgan fingerprint density at radius 2 is 1.73 bits per heavy atom. The van der Waals surface area contributed by atoms with Crippen molar-refractivity contribution in [2.75, 3.05) is 65.6 Å². The molecule has 10 heteroatoms. The fourth-order valence-corrected chi connectivity index (χ4v) is 7.81. The van der Waals surface area contributed by atoms with Crippen molar-refractivity contribution in [2.24, 2.45) is 11.8 Å². The van der Waals surface area contributed by atoms with Crippen LogP contribution in [-0.4, -0.2) is 125 Å². The van der Waals surface area contributed by atoms with Gasteiger partial charge in [0.25, 0.3) is 0 Å². The lowest BCUT2D eigenvalue weighted by Gasteiger charge is -2.37. The fourth-order valence-electron chi connectivity index (χ4n) is 7.81. The van der Waals surface area contributed by atoms with E-state index in [1.165, 1.54) is 0 Å². The molecule has 1 N–H and O–H groups in total. The lowest BCUT2D eigenvalue weighted by molar-refractivity contribution is -0.153. The molecule has 44 heavy (non-hydrogen) atoms. The van der Waals surface area contributed by atoms with E-state index in [4.69, 9.17) is 9.47 Å². The highest BCUT2D eigenvalue weighted by Crippen LogP contribution is 2.63. The summed E-state index contributed by atoms with van der Waals surface area (Å²) in [4.78, 5) is 50.9. The summed E-state index contributed by atoms with van der Waals surface area (Å²) < 4.78 is 12.3. The van der Waals surface area contributed by atoms with Gasteiger partial charge in [-0.15, -0.1) is 13.2 Å². The Labute approximate surface area is 261 Å². The van der Waals surface area contributed by atoms with Gasteiger partial charge in [0.15, 0.2) is 0 Å². The van der Waals surface area contributed by atoms with Crippen LogP contribution in [0.1, 0.15) is 38.2 Å². The Hall–Kier alpha value is -3.05. The van der Waals surface area contributed by atoms with Gasteiger partial charge < -0.3 is 29.3 Å². The molecular formula is C34H48N4O6. The molecule has 1 aromatic rings. The van der Waals surface area contributed by atoms with Gasteiger partial charge in [-0.2, -0.15) is 0 Å². The average molecular weight is 609 g/mol. The predicted molar refractivity (Wildman–Crippen MR) is 166 cm³/mol. The summed E-state index contributed by atoms with van der Waals surface area (Å²) in [6.45, 7) is 15.3. The molecule has 2 bridgehead atoms. The molecule has 240 valence electrons. The van der Waals surface area contributed by atoms with Gasteiger partial charge >= 0.3 is 0 Å². The van der Waals surface area contributed by atoms with E-state index in [-0.39, 0.29) is 24.3 Å². The zero-order valence-corrected chi connectivity index (χ0v) is 26.1. The number of amides is 3. The molecule has 5 atom stereocenters. The lowest BCUT2D eigenvalue weighted by Crippen LogP contribution is -2.57. The Bertz CT molecular complexity index is 1210. The Morgan fingerprint density at radius 3 is 2.41 bits per heavy atom. The van der Waals surface area contributed by atoms with E-state index in [1.807, 2.05) is 37.3 Å². The number of hydrogen-bond donors (Lipinski definition) is 1. The first-order valence-electron chi connectivity index (χ1n) is 16.0. The summed E-state index contributed by atoms with van der Waals surface area (Å²) in [5.74, 6) is -1.98.